The molecule has 0 amide bonds. The van der Waals surface area contributed by atoms with Crippen molar-refractivity contribution in [3.05, 3.63) is 30.6 Å². The average Bonchev–Trinajstić information content (AvgIpc) is 2.73. The molecule has 2 aromatic rings. The van der Waals surface area contributed by atoms with Crippen molar-refractivity contribution in [2.75, 3.05) is 12.3 Å². The molecule has 1 aromatic heterocycles. The van der Waals surface area contributed by atoms with Crippen molar-refractivity contribution >= 4 is 5.82 Å². The Balaban J connectivity index is 2.25. The molecule has 0 spiro atoms. The lowest BCUT2D eigenvalue weighted by atomic mass is 10.1. The van der Waals surface area contributed by atoms with Gasteiger partial charge in [-0.15, -0.1) is 0 Å². The standard InChI is InChI=1S/C14H19N3O/c1-3-9-17-10-16-13(14(17)15)11-5-7-12(8-6-11)18-4-2/h5-8,10H,3-4,9,15H2,1-2H3. The number of nitrogens with zero attached hydrogens (tertiary/aromatic N) is 2. The molecular formula is C14H19N3O. The minimum Gasteiger partial charge on any atom is -0.494 e. The van der Waals surface area contributed by atoms with Crippen LogP contribution >= 0.6 is 0 Å². The molecule has 0 aliphatic rings. The summed E-state index contributed by atoms with van der Waals surface area (Å²) >= 11 is 0. The summed E-state index contributed by atoms with van der Waals surface area (Å²) in [4.78, 5) is 4.38. The van der Waals surface area contributed by atoms with Crippen molar-refractivity contribution in [1.82, 2.24) is 9.55 Å². The normalized spacial score (nSPS) is 10.6. The van der Waals surface area contributed by atoms with E-state index in [1.54, 1.807) is 6.33 Å². The van der Waals surface area contributed by atoms with Crippen molar-refractivity contribution in [2.45, 2.75) is 26.8 Å². The van der Waals surface area contributed by atoms with Gasteiger partial charge in [-0.3, -0.25) is 0 Å². The zero-order valence-electron chi connectivity index (χ0n) is 10.9. The van der Waals surface area contributed by atoms with Crippen LogP contribution in [0.2, 0.25) is 0 Å². The number of aromatic nitrogens is 2. The molecule has 1 heterocycles. The summed E-state index contributed by atoms with van der Waals surface area (Å²) in [6, 6.07) is 7.86. The number of rotatable bonds is 5. The molecule has 2 rings (SSSR count). The van der Waals surface area contributed by atoms with Gasteiger partial charge in [-0.1, -0.05) is 6.92 Å². The SMILES string of the molecule is CCCn1cnc(-c2ccc(OCC)cc2)c1N. The zero-order chi connectivity index (χ0) is 13.0. The topological polar surface area (TPSA) is 53.1 Å². The summed E-state index contributed by atoms with van der Waals surface area (Å²) in [6.07, 6.45) is 2.84. The van der Waals surface area contributed by atoms with Crippen LogP contribution in [0.15, 0.2) is 30.6 Å². The van der Waals surface area contributed by atoms with Crippen molar-refractivity contribution in [2.24, 2.45) is 0 Å². The molecule has 4 heteroatoms. The molecule has 0 unspecified atom stereocenters. The number of ether oxygens (including phenoxy) is 1. The van der Waals surface area contributed by atoms with Crippen LogP contribution in [-0.2, 0) is 6.54 Å². The molecule has 2 N–H and O–H groups in total. The molecular weight excluding hydrogens is 226 g/mol. The van der Waals surface area contributed by atoms with E-state index in [0.29, 0.717) is 6.61 Å². The van der Waals surface area contributed by atoms with E-state index >= 15 is 0 Å². The van der Waals surface area contributed by atoms with Crippen LogP contribution in [0.5, 0.6) is 5.75 Å². The lowest BCUT2D eigenvalue weighted by molar-refractivity contribution is 0.340. The van der Waals surface area contributed by atoms with E-state index in [1.807, 2.05) is 35.8 Å². The summed E-state index contributed by atoms with van der Waals surface area (Å²) in [7, 11) is 0. The molecule has 0 aliphatic heterocycles. The van der Waals surface area contributed by atoms with Crippen LogP contribution in [0.3, 0.4) is 0 Å². The Morgan fingerprint density at radius 2 is 1.94 bits per heavy atom. The van der Waals surface area contributed by atoms with Gasteiger partial charge < -0.3 is 15.0 Å². The Morgan fingerprint density at radius 1 is 1.22 bits per heavy atom. The molecule has 18 heavy (non-hydrogen) atoms. The first-order chi connectivity index (χ1) is 8.76. The van der Waals surface area contributed by atoms with Crippen LogP contribution in [0.25, 0.3) is 11.3 Å². The average molecular weight is 245 g/mol. The van der Waals surface area contributed by atoms with E-state index in [1.165, 1.54) is 0 Å². The van der Waals surface area contributed by atoms with Gasteiger partial charge in [-0.05, 0) is 37.6 Å². The van der Waals surface area contributed by atoms with Crippen LogP contribution in [-0.4, -0.2) is 16.2 Å². The fourth-order valence-corrected chi connectivity index (χ4v) is 1.91. The number of imidazole rings is 1. The Bertz CT molecular complexity index is 502. The number of anilines is 1. The highest BCUT2D eigenvalue weighted by atomic mass is 16.5. The summed E-state index contributed by atoms with van der Waals surface area (Å²) in [5.41, 5.74) is 7.95. The third kappa shape index (κ3) is 2.47. The zero-order valence-corrected chi connectivity index (χ0v) is 10.9. The number of hydrogen-bond acceptors (Lipinski definition) is 3. The van der Waals surface area contributed by atoms with Crippen LogP contribution in [0, 0.1) is 0 Å². The van der Waals surface area contributed by atoms with Crippen LogP contribution in [0.4, 0.5) is 5.82 Å². The number of hydrogen-bond donors (Lipinski definition) is 1. The van der Waals surface area contributed by atoms with Gasteiger partial charge in [0, 0.05) is 12.1 Å². The van der Waals surface area contributed by atoms with Gasteiger partial charge in [-0.25, -0.2) is 4.98 Å². The van der Waals surface area contributed by atoms with E-state index in [0.717, 1.165) is 35.8 Å². The maximum atomic E-state index is 6.09. The van der Waals surface area contributed by atoms with Gasteiger partial charge in [0.1, 0.15) is 17.3 Å². The van der Waals surface area contributed by atoms with Crippen LogP contribution in [0.1, 0.15) is 20.3 Å². The Morgan fingerprint density at radius 3 is 2.56 bits per heavy atom. The first-order valence-corrected chi connectivity index (χ1v) is 6.30. The van der Waals surface area contributed by atoms with Crippen molar-refractivity contribution in [3.63, 3.8) is 0 Å². The van der Waals surface area contributed by atoms with E-state index in [2.05, 4.69) is 11.9 Å². The highest BCUT2D eigenvalue weighted by Crippen LogP contribution is 2.26. The van der Waals surface area contributed by atoms with Crippen molar-refractivity contribution in [3.8, 4) is 17.0 Å². The van der Waals surface area contributed by atoms with Crippen molar-refractivity contribution in [1.29, 1.82) is 0 Å². The predicted molar refractivity (Wildman–Crippen MR) is 73.5 cm³/mol. The van der Waals surface area contributed by atoms with E-state index in [4.69, 9.17) is 10.5 Å². The third-order valence-electron chi connectivity index (χ3n) is 2.78. The summed E-state index contributed by atoms with van der Waals surface area (Å²) in [6.45, 7) is 5.66. The molecule has 1 aromatic carbocycles. The maximum Gasteiger partial charge on any atom is 0.131 e. The monoisotopic (exact) mass is 245 g/mol. The van der Waals surface area contributed by atoms with E-state index in [9.17, 15) is 0 Å². The number of nitrogen functional groups attached to an aromatic ring is 1. The highest BCUT2D eigenvalue weighted by molar-refractivity contribution is 5.70. The molecule has 0 saturated heterocycles. The van der Waals surface area contributed by atoms with Gasteiger partial charge in [0.15, 0.2) is 0 Å². The quantitative estimate of drug-likeness (QED) is 0.881. The minimum atomic E-state index is 0.673. The van der Waals surface area contributed by atoms with E-state index in [-0.39, 0.29) is 0 Å². The second kappa shape index (κ2) is 5.58. The van der Waals surface area contributed by atoms with E-state index < -0.39 is 0 Å². The highest BCUT2D eigenvalue weighted by Gasteiger charge is 2.09. The van der Waals surface area contributed by atoms with Gasteiger partial charge in [0.2, 0.25) is 0 Å². The fraction of sp³-hybridized carbons (Fsp3) is 0.357. The van der Waals surface area contributed by atoms with Gasteiger partial charge in [0.25, 0.3) is 0 Å². The molecule has 0 radical (unpaired) electrons. The second-order valence-corrected chi connectivity index (χ2v) is 4.13. The van der Waals surface area contributed by atoms with Gasteiger partial charge in [0.05, 0.1) is 12.9 Å². The molecule has 0 bridgehead atoms. The maximum absolute atomic E-state index is 6.09. The first kappa shape index (κ1) is 12.5. The second-order valence-electron chi connectivity index (χ2n) is 4.13. The minimum absolute atomic E-state index is 0.673. The molecule has 0 aliphatic carbocycles. The summed E-state index contributed by atoms with van der Waals surface area (Å²) < 4.78 is 7.39. The number of aryl methyl sites for hydroxylation is 1. The van der Waals surface area contributed by atoms with Crippen molar-refractivity contribution < 1.29 is 4.74 Å². The lowest BCUT2D eigenvalue weighted by Crippen LogP contribution is -2.01. The smallest absolute Gasteiger partial charge is 0.131 e. The fourth-order valence-electron chi connectivity index (χ4n) is 1.91. The van der Waals surface area contributed by atoms with Gasteiger partial charge >= 0.3 is 0 Å². The Labute approximate surface area is 107 Å². The van der Waals surface area contributed by atoms with Crippen LogP contribution < -0.4 is 10.5 Å². The lowest BCUT2D eigenvalue weighted by Gasteiger charge is -2.05. The largest absolute Gasteiger partial charge is 0.494 e. The first-order valence-electron chi connectivity index (χ1n) is 6.30. The Hall–Kier alpha value is -1.97. The molecule has 0 saturated carbocycles. The predicted octanol–water partition coefficient (Wildman–Crippen LogP) is 2.94. The molecule has 96 valence electrons. The summed E-state index contributed by atoms with van der Waals surface area (Å²) in [5, 5.41) is 0. The third-order valence-corrected chi connectivity index (χ3v) is 2.78. The van der Waals surface area contributed by atoms with Gasteiger partial charge in [-0.2, -0.15) is 0 Å². The molecule has 0 atom stereocenters. The number of nitrogens with two attached hydrogens (primary N) is 1. The summed E-state index contributed by atoms with van der Waals surface area (Å²) in [5.74, 6) is 1.59. The molecule has 0 fully saturated rings. The Kier molecular flexibility index (Phi) is 3.87. The number of benzene rings is 1. The molecule has 4 nitrogen and oxygen atoms in total.